The fourth-order valence-corrected chi connectivity index (χ4v) is 1.39. The minimum absolute atomic E-state index is 0.0300. The first-order valence-electron chi connectivity index (χ1n) is 5.26. The van der Waals surface area contributed by atoms with Crippen LogP contribution in [0.1, 0.15) is 24.5 Å². The lowest BCUT2D eigenvalue weighted by Gasteiger charge is -1.99. The van der Waals surface area contributed by atoms with Crippen LogP contribution in [0.2, 0.25) is 5.02 Å². The third-order valence-electron chi connectivity index (χ3n) is 2.06. The number of benzene rings is 1. The van der Waals surface area contributed by atoms with E-state index in [-0.39, 0.29) is 12.5 Å². The lowest BCUT2D eigenvalue weighted by atomic mass is 10.1. The molecule has 0 radical (unpaired) electrons. The van der Waals surface area contributed by atoms with Crippen LogP contribution in [0.4, 0.5) is 0 Å². The zero-order chi connectivity index (χ0) is 12.7. The van der Waals surface area contributed by atoms with Crippen LogP contribution < -0.4 is 5.32 Å². The van der Waals surface area contributed by atoms with Crippen LogP contribution in [0.5, 0.6) is 0 Å². The number of rotatable bonds is 3. The number of carbonyl (C=O) groups is 1. The lowest BCUT2D eigenvalue weighted by Crippen LogP contribution is -2.20. The van der Waals surface area contributed by atoms with E-state index in [2.05, 4.69) is 17.2 Å². The maximum absolute atomic E-state index is 10.6. The van der Waals surface area contributed by atoms with Crippen molar-refractivity contribution >= 4 is 17.5 Å². The number of hydrogen-bond acceptors (Lipinski definition) is 2. The molecule has 1 rings (SSSR count). The van der Waals surface area contributed by atoms with E-state index in [1.165, 1.54) is 6.92 Å². The maximum atomic E-state index is 10.6. The van der Waals surface area contributed by atoms with E-state index in [0.29, 0.717) is 23.6 Å². The van der Waals surface area contributed by atoms with E-state index in [1.807, 2.05) is 0 Å². The average molecular weight is 252 g/mol. The smallest absolute Gasteiger partial charge is 0.216 e. The largest absolute Gasteiger partial charge is 0.392 e. The van der Waals surface area contributed by atoms with Gasteiger partial charge in [-0.05, 0) is 17.7 Å². The van der Waals surface area contributed by atoms with Crippen molar-refractivity contribution in [1.29, 1.82) is 0 Å². The summed E-state index contributed by atoms with van der Waals surface area (Å²) in [6.45, 7) is 1.96. The highest BCUT2D eigenvalue weighted by atomic mass is 35.5. The second-order valence-corrected chi connectivity index (χ2v) is 3.91. The van der Waals surface area contributed by atoms with Crippen molar-refractivity contribution in [3.8, 4) is 11.8 Å². The highest BCUT2D eigenvalue weighted by Gasteiger charge is 1.98. The van der Waals surface area contributed by atoms with Crippen LogP contribution in [0, 0.1) is 11.8 Å². The molecule has 17 heavy (non-hydrogen) atoms. The summed E-state index contributed by atoms with van der Waals surface area (Å²) in [6.07, 6.45) is 0.569. The van der Waals surface area contributed by atoms with Gasteiger partial charge in [0, 0.05) is 25.5 Å². The van der Waals surface area contributed by atoms with Crippen molar-refractivity contribution in [3.63, 3.8) is 0 Å². The van der Waals surface area contributed by atoms with E-state index >= 15 is 0 Å². The molecule has 0 atom stereocenters. The van der Waals surface area contributed by atoms with Gasteiger partial charge in [0.05, 0.1) is 11.6 Å². The summed E-state index contributed by atoms with van der Waals surface area (Å²) in [5.41, 5.74) is 1.47. The van der Waals surface area contributed by atoms with Crippen molar-refractivity contribution in [2.45, 2.75) is 20.0 Å². The van der Waals surface area contributed by atoms with Gasteiger partial charge in [-0.1, -0.05) is 29.5 Å². The molecule has 0 saturated heterocycles. The van der Waals surface area contributed by atoms with Crippen LogP contribution in [-0.4, -0.2) is 17.6 Å². The fourth-order valence-electron chi connectivity index (χ4n) is 1.23. The number of halogens is 1. The van der Waals surface area contributed by atoms with Gasteiger partial charge in [0.15, 0.2) is 0 Å². The van der Waals surface area contributed by atoms with Gasteiger partial charge in [-0.3, -0.25) is 4.79 Å². The second-order valence-electron chi connectivity index (χ2n) is 3.51. The monoisotopic (exact) mass is 251 g/mol. The molecule has 0 unspecified atom stereocenters. The van der Waals surface area contributed by atoms with E-state index in [4.69, 9.17) is 16.7 Å². The van der Waals surface area contributed by atoms with Crippen molar-refractivity contribution < 1.29 is 9.90 Å². The number of hydrogen-bond donors (Lipinski definition) is 2. The van der Waals surface area contributed by atoms with Gasteiger partial charge in [0.25, 0.3) is 0 Å². The van der Waals surface area contributed by atoms with E-state index in [9.17, 15) is 4.79 Å². The van der Waals surface area contributed by atoms with Crippen LogP contribution in [0.15, 0.2) is 18.2 Å². The highest BCUT2D eigenvalue weighted by Crippen LogP contribution is 2.16. The van der Waals surface area contributed by atoms with Gasteiger partial charge in [-0.2, -0.15) is 0 Å². The first-order chi connectivity index (χ1) is 8.13. The van der Waals surface area contributed by atoms with Crippen molar-refractivity contribution in [1.82, 2.24) is 5.32 Å². The predicted octanol–water partition coefficient (Wildman–Crippen LogP) is 1.71. The molecule has 0 aliphatic heterocycles. The molecule has 0 heterocycles. The molecule has 0 bridgehead atoms. The first-order valence-corrected chi connectivity index (χ1v) is 5.64. The molecular weight excluding hydrogens is 238 g/mol. The van der Waals surface area contributed by atoms with Crippen molar-refractivity contribution in [2.75, 3.05) is 6.54 Å². The van der Waals surface area contributed by atoms with Crippen LogP contribution in [-0.2, 0) is 11.4 Å². The summed E-state index contributed by atoms with van der Waals surface area (Å²) in [5.74, 6) is 5.77. The number of carbonyl (C=O) groups excluding carboxylic acids is 1. The Balaban J connectivity index is 2.61. The minimum Gasteiger partial charge on any atom is -0.392 e. The molecule has 0 aliphatic carbocycles. The summed E-state index contributed by atoms with van der Waals surface area (Å²) in [4.78, 5) is 10.6. The average Bonchev–Trinajstić information content (AvgIpc) is 2.30. The lowest BCUT2D eigenvalue weighted by molar-refractivity contribution is -0.118. The number of amides is 1. The topological polar surface area (TPSA) is 49.3 Å². The van der Waals surface area contributed by atoms with Gasteiger partial charge in [0.1, 0.15) is 0 Å². The Morgan fingerprint density at radius 2 is 2.29 bits per heavy atom. The van der Waals surface area contributed by atoms with Crippen LogP contribution in [0.25, 0.3) is 0 Å². The third kappa shape index (κ3) is 4.90. The molecule has 3 nitrogen and oxygen atoms in total. The van der Waals surface area contributed by atoms with Crippen LogP contribution >= 0.6 is 11.6 Å². The predicted molar refractivity (Wildman–Crippen MR) is 67.6 cm³/mol. The Kier molecular flexibility index (Phi) is 5.55. The molecule has 1 aromatic rings. The summed E-state index contributed by atoms with van der Waals surface area (Å²) in [6, 6.07) is 5.23. The molecule has 4 heteroatoms. The van der Waals surface area contributed by atoms with E-state index in [1.54, 1.807) is 18.2 Å². The van der Waals surface area contributed by atoms with Crippen LogP contribution in [0.3, 0.4) is 0 Å². The zero-order valence-corrected chi connectivity index (χ0v) is 10.3. The maximum Gasteiger partial charge on any atom is 0.216 e. The van der Waals surface area contributed by atoms with Gasteiger partial charge < -0.3 is 10.4 Å². The van der Waals surface area contributed by atoms with Crippen molar-refractivity contribution in [2.24, 2.45) is 0 Å². The Labute approximate surface area is 106 Å². The third-order valence-corrected chi connectivity index (χ3v) is 2.39. The van der Waals surface area contributed by atoms with E-state index < -0.39 is 0 Å². The van der Waals surface area contributed by atoms with E-state index in [0.717, 1.165) is 5.56 Å². The molecule has 0 aromatic heterocycles. The minimum atomic E-state index is -0.0629. The van der Waals surface area contributed by atoms with Gasteiger partial charge in [-0.25, -0.2) is 0 Å². The quantitative estimate of drug-likeness (QED) is 0.635. The fraction of sp³-hybridized carbons (Fsp3) is 0.308. The Hall–Kier alpha value is -1.50. The molecule has 0 aliphatic rings. The second kappa shape index (κ2) is 6.95. The molecule has 1 amide bonds. The number of aliphatic hydroxyl groups excluding tert-OH is 1. The number of nitrogens with one attached hydrogen (secondary N) is 1. The Bertz CT molecular complexity index is 460. The SMILES string of the molecule is CC(=O)NCCC#Cc1cc(CO)ccc1Cl. The van der Waals surface area contributed by atoms with Gasteiger partial charge in [-0.15, -0.1) is 0 Å². The van der Waals surface area contributed by atoms with Gasteiger partial charge in [0.2, 0.25) is 5.91 Å². The van der Waals surface area contributed by atoms with Crippen molar-refractivity contribution in [3.05, 3.63) is 34.3 Å². The normalized spacial score (nSPS) is 9.35. The molecule has 1 aromatic carbocycles. The first kappa shape index (κ1) is 13.6. The zero-order valence-electron chi connectivity index (χ0n) is 9.59. The van der Waals surface area contributed by atoms with Gasteiger partial charge >= 0.3 is 0 Å². The Morgan fingerprint density at radius 3 is 2.94 bits per heavy atom. The standard InChI is InChI=1S/C13H14ClNO2/c1-10(17)15-7-3-2-4-12-8-11(9-16)5-6-13(12)14/h5-6,8,16H,3,7,9H2,1H3,(H,15,17). The Morgan fingerprint density at radius 1 is 1.53 bits per heavy atom. The summed E-state index contributed by atoms with van der Waals surface area (Å²) in [7, 11) is 0. The number of aliphatic hydroxyl groups is 1. The molecule has 0 fully saturated rings. The molecule has 2 N–H and O–H groups in total. The highest BCUT2D eigenvalue weighted by molar-refractivity contribution is 6.31. The summed E-state index contributed by atoms with van der Waals surface area (Å²) in [5, 5.41) is 12.2. The summed E-state index contributed by atoms with van der Waals surface area (Å²) < 4.78 is 0. The molecular formula is C13H14ClNO2. The summed E-state index contributed by atoms with van der Waals surface area (Å²) >= 11 is 5.96. The molecule has 0 spiro atoms. The molecule has 90 valence electrons. The molecule has 0 saturated carbocycles.